The largest absolute Gasteiger partial charge is 0.506 e. The summed E-state index contributed by atoms with van der Waals surface area (Å²) >= 11 is 5.87. The number of nitrogens with two attached hydrogens (primary N) is 1. The molecule has 3 aromatic carbocycles. The fourth-order valence-corrected chi connectivity index (χ4v) is 2.77. The maximum atomic E-state index is 9.66. The van der Waals surface area contributed by atoms with Crippen LogP contribution in [0.25, 0.3) is 11.0 Å². The van der Waals surface area contributed by atoms with Gasteiger partial charge in [0.1, 0.15) is 17.2 Å². The molecule has 5 N–H and O–H groups in total. The second kappa shape index (κ2) is 7.09. The number of aromatic nitrogens is 2. The van der Waals surface area contributed by atoms with E-state index in [1.54, 1.807) is 18.2 Å². The van der Waals surface area contributed by atoms with Crippen molar-refractivity contribution in [1.29, 1.82) is 0 Å². The van der Waals surface area contributed by atoms with E-state index < -0.39 is 0 Å². The molecule has 0 radical (unpaired) electrons. The van der Waals surface area contributed by atoms with Crippen LogP contribution < -0.4 is 15.8 Å². The summed E-state index contributed by atoms with van der Waals surface area (Å²) in [5.74, 6) is 2.11. The fourth-order valence-electron chi connectivity index (χ4n) is 2.65. The molecular weight excluding hydrogens is 364 g/mol. The van der Waals surface area contributed by atoms with Crippen molar-refractivity contribution in [2.24, 2.45) is 0 Å². The Bertz CT molecular complexity index is 1040. The third kappa shape index (κ3) is 3.91. The number of aromatic hydroxyl groups is 1. The number of rotatable bonds is 5. The lowest BCUT2D eigenvalue weighted by Crippen LogP contribution is -2.00. The number of phenols is 1. The number of nitrogen functional groups attached to an aromatic ring is 1. The predicted octanol–water partition coefficient (Wildman–Crippen LogP) is 4.91. The molecule has 136 valence electrons. The van der Waals surface area contributed by atoms with Crippen LogP contribution in [0.15, 0.2) is 60.7 Å². The first-order chi connectivity index (χ1) is 13.1. The summed E-state index contributed by atoms with van der Waals surface area (Å²) in [6.07, 6.45) is 0. The van der Waals surface area contributed by atoms with E-state index in [-0.39, 0.29) is 5.75 Å². The molecule has 6 nitrogen and oxygen atoms in total. The summed E-state index contributed by atoms with van der Waals surface area (Å²) < 4.78 is 5.78. The predicted molar refractivity (Wildman–Crippen MR) is 107 cm³/mol. The smallest absolute Gasteiger partial charge is 0.201 e. The number of hydrogen-bond acceptors (Lipinski definition) is 5. The Morgan fingerprint density at radius 3 is 2.41 bits per heavy atom. The van der Waals surface area contributed by atoms with Crippen molar-refractivity contribution in [1.82, 2.24) is 9.97 Å². The van der Waals surface area contributed by atoms with Gasteiger partial charge in [0.2, 0.25) is 5.95 Å². The highest BCUT2D eigenvalue weighted by molar-refractivity contribution is 6.30. The van der Waals surface area contributed by atoms with Gasteiger partial charge in [-0.2, -0.15) is 0 Å². The highest BCUT2D eigenvalue weighted by Crippen LogP contribution is 2.27. The Morgan fingerprint density at radius 1 is 1.04 bits per heavy atom. The lowest BCUT2D eigenvalue weighted by Gasteiger charge is -2.07. The summed E-state index contributed by atoms with van der Waals surface area (Å²) in [6.45, 7) is 0.586. The molecule has 0 fully saturated rings. The number of aromatic amines is 1. The zero-order valence-corrected chi connectivity index (χ0v) is 15.0. The lowest BCUT2D eigenvalue weighted by molar-refractivity contribution is 0.478. The normalized spacial score (nSPS) is 10.9. The molecule has 0 saturated carbocycles. The van der Waals surface area contributed by atoms with Crippen LogP contribution in [-0.2, 0) is 6.54 Å². The van der Waals surface area contributed by atoms with E-state index in [9.17, 15) is 5.11 Å². The molecule has 4 aromatic rings. The molecule has 0 saturated heterocycles. The minimum Gasteiger partial charge on any atom is -0.506 e. The van der Waals surface area contributed by atoms with Crippen molar-refractivity contribution < 1.29 is 9.84 Å². The second-order valence-corrected chi connectivity index (χ2v) is 6.50. The van der Waals surface area contributed by atoms with E-state index in [1.807, 2.05) is 36.4 Å². The van der Waals surface area contributed by atoms with Gasteiger partial charge in [0.15, 0.2) is 0 Å². The first-order valence-electron chi connectivity index (χ1n) is 8.31. The van der Waals surface area contributed by atoms with Crippen LogP contribution in [-0.4, -0.2) is 15.1 Å². The van der Waals surface area contributed by atoms with Gasteiger partial charge in [-0.25, -0.2) is 4.98 Å². The Morgan fingerprint density at radius 2 is 1.70 bits per heavy atom. The van der Waals surface area contributed by atoms with Crippen LogP contribution in [0.4, 0.5) is 11.6 Å². The molecule has 0 spiro atoms. The average Bonchev–Trinajstić information content (AvgIpc) is 3.05. The van der Waals surface area contributed by atoms with Gasteiger partial charge >= 0.3 is 0 Å². The topological polar surface area (TPSA) is 96.2 Å². The standard InChI is InChI=1S/C20H17ClN4O2/c21-13-3-7-15(8-4-13)27-14-5-1-12(2-6-14)11-23-20-24-17-9-16(22)19(26)10-18(17)25-20/h1-10,26H,11,22H2,(H2,23,24,25). The number of imidazole rings is 1. The summed E-state index contributed by atoms with van der Waals surface area (Å²) in [5, 5.41) is 13.6. The molecule has 0 aliphatic heterocycles. The van der Waals surface area contributed by atoms with Crippen LogP contribution in [0, 0.1) is 0 Å². The van der Waals surface area contributed by atoms with Crippen LogP contribution in [0.5, 0.6) is 17.2 Å². The zero-order chi connectivity index (χ0) is 18.8. The Balaban J connectivity index is 1.40. The van der Waals surface area contributed by atoms with E-state index in [2.05, 4.69) is 15.3 Å². The molecule has 0 unspecified atom stereocenters. The number of anilines is 2. The second-order valence-electron chi connectivity index (χ2n) is 6.07. The minimum absolute atomic E-state index is 0.0248. The summed E-state index contributed by atoms with van der Waals surface area (Å²) in [5.41, 5.74) is 8.50. The van der Waals surface area contributed by atoms with Crippen molar-refractivity contribution in [2.75, 3.05) is 11.1 Å². The van der Waals surface area contributed by atoms with E-state index in [4.69, 9.17) is 22.1 Å². The third-order valence-electron chi connectivity index (χ3n) is 4.06. The monoisotopic (exact) mass is 380 g/mol. The quantitative estimate of drug-likeness (QED) is 0.291. The molecule has 0 aliphatic rings. The van der Waals surface area contributed by atoms with Gasteiger partial charge < -0.3 is 25.9 Å². The van der Waals surface area contributed by atoms with E-state index in [0.717, 1.165) is 22.6 Å². The van der Waals surface area contributed by atoms with Crippen LogP contribution in [0.2, 0.25) is 5.02 Å². The van der Waals surface area contributed by atoms with Gasteiger partial charge in [-0.3, -0.25) is 0 Å². The fraction of sp³-hybridized carbons (Fsp3) is 0.0500. The van der Waals surface area contributed by atoms with Gasteiger partial charge in [-0.1, -0.05) is 23.7 Å². The van der Waals surface area contributed by atoms with Crippen molar-refractivity contribution in [3.63, 3.8) is 0 Å². The zero-order valence-electron chi connectivity index (χ0n) is 14.2. The van der Waals surface area contributed by atoms with Gasteiger partial charge in [-0.05, 0) is 48.0 Å². The van der Waals surface area contributed by atoms with Gasteiger partial charge in [0, 0.05) is 17.6 Å². The van der Waals surface area contributed by atoms with Crippen molar-refractivity contribution >= 4 is 34.3 Å². The Hall–Kier alpha value is -3.38. The lowest BCUT2D eigenvalue weighted by atomic mass is 10.2. The molecule has 1 heterocycles. The molecule has 1 aromatic heterocycles. The molecule has 0 aliphatic carbocycles. The number of benzene rings is 3. The van der Waals surface area contributed by atoms with Gasteiger partial charge in [-0.15, -0.1) is 0 Å². The number of nitrogens with zero attached hydrogens (tertiary/aromatic N) is 1. The maximum absolute atomic E-state index is 9.66. The van der Waals surface area contributed by atoms with Crippen LogP contribution >= 0.6 is 11.6 Å². The number of fused-ring (bicyclic) bond motifs is 1. The number of phenolic OH excluding ortho intramolecular Hbond substituents is 1. The third-order valence-corrected chi connectivity index (χ3v) is 4.31. The summed E-state index contributed by atoms with van der Waals surface area (Å²) in [6, 6.07) is 18.2. The van der Waals surface area contributed by atoms with Crippen LogP contribution in [0.3, 0.4) is 0 Å². The van der Waals surface area contributed by atoms with E-state index in [0.29, 0.717) is 28.7 Å². The van der Waals surface area contributed by atoms with E-state index in [1.165, 1.54) is 6.07 Å². The van der Waals surface area contributed by atoms with Crippen molar-refractivity contribution in [3.05, 3.63) is 71.2 Å². The van der Waals surface area contributed by atoms with E-state index >= 15 is 0 Å². The molecule has 4 rings (SSSR count). The molecule has 0 amide bonds. The molecule has 7 heteroatoms. The van der Waals surface area contributed by atoms with Crippen molar-refractivity contribution in [3.8, 4) is 17.2 Å². The first-order valence-corrected chi connectivity index (χ1v) is 8.69. The van der Waals surface area contributed by atoms with Crippen molar-refractivity contribution in [2.45, 2.75) is 6.54 Å². The number of nitrogens with one attached hydrogen (secondary N) is 2. The number of ether oxygens (including phenoxy) is 1. The molecule has 0 atom stereocenters. The Kier molecular flexibility index (Phi) is 4.48. The number of halogens is 1. The molecule has 0 bridgehead atoms. The highest BCUT2D eigenvalue weighted by Gasteiger charge is 2.06. The first kappa shape index (κ1) is 17.1. The number of H-pyrrole nitrogens is 1. The summed E-state index contributed by atoms with van der Waals surface area (Å²) in [7, 11) is 0. The SMILES string of the molecule is Nc1cc2[nH]c(NCc3ccc(Oc4ccc(Cl)cc4)cc3)nc2cc1O. The number of hydrogen-bond donors (Lipinski definition) is 4. The maximum Gasteiger partial charge on any atom is 0.201 e. The minimum atomic E-state index is 0.0248. The molecular formula is C20H17ClN4O2. The highest BCUT2D eigenvalue weighted by atomic mass is 35.5. The van der Waals surface area contributed by atoms with Gasteiger partial charge in [0.05, 0.1) is 16.7 Å². The van der Waals surface area contributed by atoms with Crippen LogP contribution in [0.1, 0.15) is 5.56 Å². The molecule has 27 heavy (non-hydrogen) atoms. The van der Waals surface area contributed by atoms with Gasteiger partial charge in [0.25, 0.3) is 0 Å². The Labute approximate surface area is 160 Å². The summed E-state index contributed by atoms with van der Waals surface area (Å²) in [4.78, 5) is 7.53. The average molecular weight is 381 g/mol.